The molecule has 0 aliphatic carbocycles. The summed E-state index contributed by atoms with van der Waals surface area (Å²) in [4.78, 5) is 23.5. The van der Waals surface area contributed by atoms with Crippen LogP contribution < -0.4 is 0 Å². The molecule has 0 rings (SSSR count). The van der Waals surface area contributed by atoms with E-state index in [-0.39, 0.29) is 0 Å². The third-order valence-electron chi connectivity index (χ3n) is 3.00. The molecular weight excluding hydrogens is 367 g/mol. The summed E-state index contributed by atoms with van der Waals surface area (Å²) in [6, 6.07) is 0. The highest BCUT2D eigenvalue weighted by atomic mass is 31.1. The standard InChI is InChI=1S/C16H30O9P/c1-9(22-13(19)15(3,4)5)11(17)24-26(21)25-12(18)10(2)23-14(20)16(6,7)8/h9-12,17-18H,1-8H3/q+1. The molecule has 0 spiro atoms. The van der Waals surface area contributed by atoms with Crippen LogP contribution in [0.2, 0.25) is 0 Å². The average molecular weight is 397 g/mol. The zero-order valence-electron chi connectivity index (χ0n) is 16.5. The Morgan fingerprint density at radius 1 is 0.769 bits per heavy atom. The normalized spacial score (nSPS) is 17.7. The van der Waals surface area contributed by atoms with Crippen LogP contribution in [0.5, 0.6) is 0 Å². The van der Waals surface area contributed by atoms with Gasteiger partial charge in [0.05, 0.1) is 10.8 Å². The zero-order valence-corrected chi connectivity index (χ0v) is 17.4. The smallest absolute Gasteiger partial charge is 0.457 e. The van der Waals surface area contributed by atoms with Crippen molar-refractivity contribution in [1.29, 1.82) is 0 Å². The number of hydrogen-bond acceptors (Lipinski definition) is 9. The molecule has 0 fully saturated rings. The highest BCUT2D eigenvalue weighted by Crippen LogP contribution is 2.30. The zero-order chi connectivity index (χ0) is 20.9. The minimum atomic E-state index is -2.96. The van der Waals surface area contributed by atoms with Crippen LogP contribution in [-0.2, 0) is 32.7 Å². The van der Waals surface area contributed by atoms with E-state index >= 15 is 0 Å². The van der Waals surface area contributed by atoms with E-state index < -0.39 is 55.8 Å². The summed E-state index contributed by atoms with van der Waals surface area (Å²) in [7, 11) is -2.96. The number of aliphatic hydroxyl groups is 2. The van der Waals surface area contributed by atoms with Crippen LogP contribution in [0.25, 0.3) is 0 Å². The lowest BCUT2D eigenvalue weighted by Gasteiger charge is -2.22. The first-order chi connectivity index (χ1) is 11.6. The van der Waals surface area contributed by atoms with Crippen LogP contribution in [0.15, 0.2) is 0 Å². The summed E-state index contributed by atoms with van der Waals surface area (Å²) in [6.45, 7) is 12.5. The topological polar surface area (TPSA) is 129 Å². The average Bonchev–Trinajstić information content (AvgIpc) is 2.44. The fourth-order valence-electron chi connectivity index (χ4n) is 1.18. The Morgan fingerprint density at radius 3 is 1.27 bits per heavy atom. The fraction of sp³-hybridized carbons (Fsp3) is 0.875. The van der Waals surface area contributed by atoms with Gasteiger partial charge in [-0.25, -0.2) is 0 Å². The molecular formula is C16H30O9P+. The molecule has 0 bridgehead atoms. The lowest BCUT2D eigenvalue weighted by Crippen LogP contribution is -2.35. The first-order valence-corrected chi connectivity index (χ1v) is 9.24. The number of esters is 2. The van der Waals surface area contributed by atoms with Crippen molar-refractivity contribution in [2.45, 2.75) is 80.2 Å². The third-order valence-corrected chi connectivity index (χ3v) is 3.78. The first-order valence-electron chi connectivity index (χ1n) is 8.14. The summed E-state index contributed by atoms with van der Waals surface area (Å²) in [5.74, 6) is -1.15. The van der Waals surface area contributed by atoms with Crippen molar-refractivity contribution in [3.05, 3.63) is 0 Å². The van der Waals surface area contributed by atoms with Gasteiger partial charge in [-0.3, -0.25) is 9.59 Å². The second kappa shape index (κ2) is 9.71. The Morgan fingerprint density at radius 2 is 1.04 bits per heavy atom. The number of rotatable bonds is 8. The molecule has 0 aliphatic rings. The van der Waals surface area contributed by atoms with Crippen LogP contribution in [0.1, 0.15) is 55.4 Å². The van der Waals surface area contributed by atoms with Crippen LogP contribution in [0, 0.1) is 10.8 Å². The van der Waals surface area contributed by atoms with Gasteiger partial charge in [0.15, 0.2) is 12.2 Å². The first kappa shape index (κ1) is 24.9. The van der Waals surface area contributed by atoms with Gasteiger partial charge in [-0.15, -0.1) is 0 Å². The molecule has 4 atom stereocenters. The minimum absolute atomic E-state index is 0.577. The van der Waals surface area contributed by atoms with Crippen molar-refractivity contribution in [2.75, 3.05) is 0 Å². The Kier molecular flexibility index (Phi) is 9.29. The van der Waals surface area contributed by atoms with Crippen molar-refractivity contribution in [3.63, 3.8) is 0 Å². The lowest BCUT2D eigenvalue weighted by atomic mass is 9.97. The molecule has 0 radical (unpaired) electrons. The highest BCUT2D eigenvalue weighted by molar-refractivity contribution is 7.33. The molecule has 152 valence electrons. The predicted molar refractivity (Wildman–Crippen MR) is 91.8 cm³/mol. The molecule has 10 heteroatoms. The van der Waals surface area contributed by atoms with E-state index in [1.165, 1.54) is 13.8 Å². The van der Waals surface area contributed by atoms with E-state index in [9.17, 15) is 24.4 Å². The van der Waals surface area contributed by atoms with Gasteiger partial charge in [-0.1, -0.05) is 9.05 Å². The summed E-state index contributed by atoms with van der Waals surface area (Å²) in [5.41, 5.74) is -1.57. The molecule has 0 saturated carbocycles. The molecule has 0 saturated heterocycles. The van der Waals surface area contributed by atoms with Crippen molar-refractivity contribution < 1.29 is 42.9 Å². The Bertz CT molecular complexity index is 463. The van der Waals surface area contributed by atoms with Crippen molar-refractivity contribution in [2.24, 2.45) is 10.8 Å². The SMILES string of the molecule is CC(OC(=O)C(C)(C)C)C(O)O[P+](=O)OC(O)C(C)OC(=O)C(C)(C)C. The van der Waals surface area contributed by atoms with E-state index in [0.717, 1.165) is 0 Å². The number of hydrogen-bond donors (Lipinski definition) is 2. The molecule has 0 amide bonds. The second-order valence-corrected chi connectivity index (χ2v) is 8.81. The van der Waals surface area contributed by atoms with E-state index in [4.69, 9.17) is 9.47 Å². The molecule has 2 N–H and O–H groups in total. The molecule has 26 heavy (non-hydrogen) atoms. The van der Waals surface area contributed by atoms with Gasteiger partial charge in [0.1, 0.15) is 0 Å². The number of ether oxygens (including phenoxy) is 2. The van der Waals surface area contributed by atoms with Crippen molar-refractivity contribution in [3.8, 4) is 0 Å². The molecule has 0 aliphatic heterocycles. The quantitative estimate of drug-likeness (QED) is 0.360. The largest absolute Gasteiger partial charge is 0.703 e. The number of carbonyl (C=O) groups excluding carboxylic acids is 2. The summed E-state index contributed by atoms with van der Waals surface area (Å²) in [6.07, 6.45) is -5.69. The highest BCUT2D eigenvalue weighted by Gasteiger charge is 2.38. The summed E-state index contributed by atoms with van der Waals surface area (Å²) >= 11 is 0. The van der Waals surface area contributed by atoms with Gasteiger partial charge >= 0.3 is 20.2 Å². The minimum Gasteiger partial charge on any atom is -0.457 e. The second-order valence-electron chi connectivity index (χ2n) is 7.94. The Labute approximate surface area is 154 Å². The summed E-state index contributed by atoms with van der Waals surface area (Å²) < 4.78 is 31.1. The van der Waals surface area contributed by atoms with Gasteiger partial charge in [-0.05, 0) is 55.4 Å². The molecule has 0 aromatic rings. The van der Waals surface area contributed by atoms with Crippen LogP contribution >= 0.6 is 8.25 Å². The van der Waals surface area contributed by atoms with Gasteiger partial charge < -0.3 is 19.7 Å². The summed E-state index contributed by atoms with van der Waals surface area (Å²) in [5, 5.41) is 19.6. The Balaban J connectivity index is 4.51. The van der Waals surface area contributed by atoms with Crippen LogP contribution in [-0.4, -0.2) is 46.9 Å². The maximum absolute atomic E-state index is 11.7. The van der Waals surface area contributed by atoms with E-state index in [0.29, 0.717) is 0 Å². The monoisotopic (exact) mass is 397 g/mol. The number of aliphatic hydroxyl groups excluding tert-OH is 2. The van der Waals surface area contributed by atoms with Gasteiger partial charge in [0, 0.05) is 4.57 Å². The third kappa shape index (κ3) is 9.00. The van der Waals surface area contributed by atoms with E-state index in [1.807, 2.05) is 0 Å². The van der Waals surface area contributed by atoms with Crippen LogP contribution in [0.3, 0.4) is 0 Å². The molecule has 0 aromatic carbocycles. The Hall–Kier alpha value is -1.12. The van der Waals surface area contributed by atoms with E-state index in [1.54, 1.807) is 41.5 Å². The maximum atomic E-state index is 11.7. The van der Waals surface area contributed by atoms with Gasteiger partial charge in [0.2, 0.25) is 12.6 Å². The number of carbonyl (C=O) groups is 2. The van der Waals surface area contributed by atoms with Gasteiger partial charge in [-0.2, -0.15) is 0 Å². The maximum Gasteiger partial charge on any atom is 0.703 e. The van der Waals surface area contributed by atoms with Gasteiger partial charge in [0.25, 0.3) is 0 Å². The molecule has 4 unspecified atom stereocenters. The van der Waals surface area contributed by atoms with E-state index in [2.05, 4.69) is 9.05 Å². The molecule has 0 heterocycles. The predicted octanol–water partition coefficient (Wildman–Crippen LogP) is 2.27. The lowest BCUT2D eigenvalue weighted by molar-refractivity contribution is -0.183. The van der Waals surface area contributed by atoms with Crippen molar-refractivity contribution >= 4 is 20.2 Å². The molecule has 9 nitrogen and oxygen atoms in total. The molecule has 0 aromatic heterocycles. The fourth-order valence-corrected chi connectivity index (χ4v) is 1.93. The van der Waals surface area contributed by atoms with Crippen LogP contribution in [0.4, 0.5) is 0 Å². The van der Waals surface area contributed by atoms with Crippen molar-refractivity contribution in [1.82, 2.24) is 0 Å².